The third kappa shape index (κ3) is 1.83. The molecule has 2 aromatic rings. The van der Waals surface area contributed by atoms with E-state index in [4.69, 9.17) is 0 Å². The molecule has 0 aliphatic carbocycles. The second-order valence-corrected chi connectivity index (χ2v) is 4.86. The lowest BCUT2D eigenvalue weighted by Crippen LogP contribution is -2.27. The molecule has 0 saturated carbocycles. The van der Waals surface area contributed by atoms with Crippen molar-refractivity contribution in [2.45, 2.75) is 26.4 Å². The molecule has 1 N–H and O–H groups in total. The molecule has 0 unspecified atom stereocenters. The molecule has 0 amide bonds. The van der Waals surface area contributed by atoms with Gasteiger partial charge in [0, 0.05) is 0 Å². The van der Waals surface area contributed by atoms with Gasteiger partial charge < -0.3 is 5.11 Å². The minimum absolute atomic E-state index is 0.202. The van der Waals surface area contributed by atoms with Crippen LogP contribution in [0.25, 0.3) is 10.8 Å². The highest BCUT2D eigenvalue weighted by molar-refractivity contribution is 5.83. The van der Waals surface area contributed by atoms with Gasteiger partial charge in [0.05, 0.1) is 5.60 Å². The Morgan fingerprint density at radius 1 is 1.00 bits per heavy atom. The summed E-state index contributed by atoms with van der Waals surface area (Å²) in [4.78, 5) is 0. The van der Waals surface area contributed by atoms with Crippen molar-refractivity contribution < 1.29 is 5.11 Å². The molecule has 84 valence electrons. The Hall–Kier alpha value is -1.34. The summed E-state index contributed by atoms with van der Waals surface area (Å²) in [6.07, 6.45) is 0. The molecule has 0 aromatic heterocycles. The summed E-state index contributed by atoms with van der Waals surface area (Å²) in [6, 6.07) is 14.4. The molecule has 0 spiro atoms. The van der Waals surface area contributed by atoms with Crippen LogP contribution in [0.15, 0.2) is 42.5 Å². The Labute approximate surface area is 96.7 Å². The highest BCUT2D eigenvalue weighted by Crippen LogP contribution is 2.30. The normalized spacial score (nSPS) is 15.3. The van der Waals surface area contributed by atoms with Gasteiger partial charge in [-0.3, -0.25) is 0 Å². The highest BCUT2D eigenvalue weighted by atomic mass is 16.3. The van der Waals surface area contributed by atoms with Crippen LogP contribution in [0.1, 0.15) is 26.3 Å². The second kappa shape index (κ2) is 3.91. The molecule has 16 heavy (non-hydrogen) atoms. The summed E-state index contributed by atoms with van der Waals surface area (Å²) in [5.74, 6) is 0.202. The van der Waals surface area contributed by atoms with Gasteiger partial charge in [-0.25, -0.2) is 0 Å². The van der Waals surface area contributed by atoms with Crippen LogP contribution in [-0.2, 0) is 5.60 Å². The van der Waals surface area contributed by atoms with Crippen LogP contribution in [-0.4, -0.2) is 5.11 Å². The SMILES string of the molecule is CC(C)[C@@](C)(O)c1ccc2ccccc2c1. The number of aliphatic hydroxyl groups is 1. The third-order valence-corrected chi connectivity index (χ3v) is 3.46. The lowest BCUT2D eigenvalue weighted by molar-refractivity contribution is 0.00918. The molecule has 2 rings (SSSR count). The molecule has 1 heteroatoms. The average Bonchev–Trinajstić information content (AvgIpc) is 2.28. The topological polar surface area (TPSA) is 20.2 Å². The standard InChI is InChI=1S/C15H18O/c1-11(2)15(3,16)14-9-8-12-6-4-5-7-13(12)10-14/h4-11,16H,1-3H3/t15-/m1/s1. The van der Waals surface area contributed by atoms with E-state index in [0.29, 0.717) is 0 Å². The minimum Gasteiger partial charge on any atom is -0.385 e. The summed E-state index contributed by atoms with van der Waals surface area (Å²) in [5.41, 5.74) is 0.227. The first-order valence-electron chi connectivity index (χ1n) is 5.73. The molecular formula is C15H18O. The van der Waals surface area contributed by atoms with Gasteiger partial charge in [-0.2, -0.15) is 0 Å². The van der Waals surface area contributed by atoms with Crippen molar-refractivity contribution in [3.8, 4) is 0 Å². The van der Waals surface area contributed by atoms with Crippen LogP contribution in [0.5, 0.6) is 0 Å². The van der Waals surface area contributed by atoms with E-state index in [-0.39, 0.29) is 5.92 Å². The molecule has 1 atom stereocenters. The molecule has 2 aromatic carbocycles. The first-order chi connectivity index (χ1) is 7.51. The Morgan fingerprint density at radius 3 is 2.25 bits per heavy atom. The Bertz CT molecular complexity index is 498. The van der Waals surface area contributed by atoms with E-state index >= 15 is 0 Å². The van der Waals surface area contributed by atoms with Crippen molar-refractivity contribution in [3.05, 3.63) is 48.0 Å². The van der Waals surface area contributed by atoms with Gasteiger partial charge in [0.15, 0.2) is 0 Å². The summed E-state index contributed by atoms with van der Waals surface area (Å²) in [5, 5.41) is 12.8. The zero-order chi connectivity index (χ0) is 11.8. The molecule has 0 radical (unpaired) electrons. The lowest BCUT2D eigenvalue weighted by Gasteiger charge is -2.28. The molecule has 0 fully saturated rings. The van der Waals surface area contributed by atoms with Crippen molar-refractivity contribution in [1.29, 1.82) is 0 Å². The minimum atomic E-state index is -0.760. The van der Waals surface area contributed by atoms with Crippen molar-refractivity contribution in [2.75, 3.05) is 0 Å². The average molecular weight is 214 g/mol. The van der Waals surface area contributed by atoms with E-state index in [9.17, 15) is 5.11 Å². The Balaban J connectivity index is 2.55. The van der Waals surface area contributed by atoms with Gasteiger partial charge >= 0.3 is 0 Å². The van der Waals surface area contributed by atoms with E-state index in [2.05, 4.69) is 24.3 Å². The fourth-order valence-electron chi connectivity index (χ4n) is 1.84. The second-order valence-electron chi connectivity index (χ2n) is 4.86. The van der Waals surface area contributed by atoms with E-state index < -0.39 is 5.60 Å². The van der Waals surface area contributed by atoms with Gasteiger partial charge in [-0.1, -0.05) is 50.2 Å². The fourth-order valence-corrected chi connectivity index (χ4v) is 1.84. The van der Waals surface area contributed by atoms with Crippen molar-refractivity contribution in [1.82, 2.24) is 0 Å². The largest absolute Gasteiger partial charge is 0.385 e. The predicted octanol–water partition coefficient (Wildman–Crippen LogP) is 3.70. The monoisotopic (exact) mass is 214 g/mol. The van der Waals surface area contributed by atoms with Gasteiger partial charge in [0.2, 0.25) is 0 Å². The van der Waals surface area contributed by atoms with Crippen molar-refractivity contribution >= 4 is 10.8 Å². The Kier molecular flexibility index (Phi) is 2.73. The van der Waals surface area contributed by atoms with Crippen LogP contribution in [0, 0.1) is 5.92 Å². The Morgan fingerprint density at radius 2 is 1.62 bits per heavy atom. The maximum absolute atomic E-state index is 10.4. The third-order valence-electron chi connectivity index (χ3n) is 3.46. The number of fused-ring (bicyclic) bond motifs is 1. The lowest BCUT2D eigenvalue weighted by atomic mass is 9.84. The summed E-state index contributed by atoms with van der Waals surface area (Å²) in [6.45, 7) is 5.95. The van der Waals surface area contributed by atoms with Gasteiger partial charge in [-0.05, 0) is 35.2 Å². The summed E-state index contributed by atoms with van der Waals surface area (Å²) >= 11 is 0. The first kappa shape index (κ1) is 11.2. The highest BCUT2D eigenvalue weighted by Gasteiger charge is 2.27. The van der Waals surface area contributed by atoms with Gasteiger partial charge in [-0.15, -0.1) is 0 Å². The van der Waals surface area contributed by atoms with E-state index in [1.807, 2.05) is 39.0 Å². The van der Waals surface area contributed by atoms with Crippen LogP contribution < -0.4 is 0 Å². The maximum atomic E-state index is 10.4. The fraction of sp³-hybridized carbons (Fsp3) is 0.333. The van der Waals surface area contributed by atoms with Crippen LogP contribution in [0.3, 0.4) is 0 Å². The first-order valence-corrected chi connectivity index (χ1v) is 5.73. The number of hydrogen-bond donors (Lipinski definition) is 1. The molecule has 0 heterocycles. The quantitative estimate of drug-likeness (QED) is 0.808. The molecule has 1 nitrogen and oxygen atoms in total. The zero-order valence-corrected chi connectivity index (χ0v) is 10.1. The molecule has 0 bridgehead atoms. The zero-order valence-electron chi connectivity index (χ0n) is 10.1. The van der Waals surface area contributed by atoms with Crippen LogP contribution in [0.4, 0.5) is 0 Å². The van der Waals surface area contributed by atoms with E-state index in [1.54, 1.807) is 0 Å². The van der Waals surface area contributed by atoms with Crippen molar-refractivity contribution in [2.24, 2.45) is 5.92 Å². The molecule has 0 saturated heterocycles. The van der Waals surface area contributed by atoms with E-state index in [0.717, 1.165) is 5.56 Å². The summed E-state index contributed by atoms with van der Waals surface area (Å²) < 4.78 is 0. The van der Waals surface area contributed by atoms with E-state index in [1.165, 1.54) is 10.8 Å². The smallest absolute Gasteiger partial charge is 0.0891 e. The number of hydrogen-bond acceptors (Lipinski definition) is 1. The molecular weight excluding hydrogens is 196 g/mol. The van der Waals surface area contributed by atoms with Crippen LogP contribution in [0.2, 0.25) is 0 Å². The molecule has 0 aliphatic heterocycles. The van der Waals surface area contributed by atoms with Crippen molar-refractivity contribution in [3.63, 3.8) is 0 Å². The predicted molar refractivity (Wildman–Crippen MR) is 68.4 cm³/mol. The van der Waals surface area contributed by atoms with Gasteiger partial charge in [0.25, 0.3) is 0 Å². The maximum Gasteiger partial charge on any atom is 0.0891 e. The summed E-state index contributed by atoms with van der Waals surface area (Å²) in [7, 11) is 0. The van der Waals surface area contributed by atoms with Gasteiger partial charge in [0.1, 0.15) is 0 Å². The number of rotatable bonds is 2. The van der Waals surface area contributed by atoms with Crippen LogP contribution >= 0.6 is 0 Å². The molecule has 0 aliphatic rings. The number of benzene rings is 2.